The molecular formula is C33H39ClN6O2. The van der Waals surface area contributed by atoms with Crippen LogP contribution in [-0.4, -0.2) is 71.5 Å². The second kappa shape index (κ2) is 12.2. The topological polar surface area (TPSA) is 97.5 Å². The van der Waals surface area contributed by atoms with Gasteiger partial charge in [-0.1, -0.05) is 43.1 Å². The number of rotatable bonds is 7. The maximum absolute atomic E-state index is 10.2. The molecule has 2 fully saturated rings. The van der Waals surface area contributed by atoms with Crippen molar-refractivity contribution in [1.29, 1.82) is 5.26 Å². The summed E-state index contributed by atoms with van der Waals surface area (Å²) >= 11 is 6.17. The first kappa shape index (κ1) is 28.9. The molecule has 0 bridgehead atoms. The van der Waals surface area contributed by atoms with Gasteiger partial charge in [0.2, 0.25) is 0 Å². The number of para-hydroxylation sites is 1. The molecule has 4 atom stereocenters. The number of aromatic nitrogens is 2. The number of nitrogens with zero attached hydrogens (tertiary/aromatic N) is 5. The molecule has 1 aromatic carbocycles. The Morgan fingerprint density at radius 1 is 1.24 bits per heavy atom. The highest BCUT2D eigenvalue weighted by Gasteiger charge is 2.49. The Morgan fingerprint density at radius 3 is 2.86 bits per heavy atom. The number of nitriles is 1. The number of aliphatic hydroxyl groups is 1. The van der Waals surface area contributed by atoms with Crippen LogP contribution in [0.2, 0.25) is 5.02 Å². The number of hydrogen-bond acceptors (Lipinski definition) is 8. The highest BCUT2D eigenvalue weighted by molar-refractivity contribution is 6.30. The molecule has 0 radical (unpaired) electrons. The number of ether oxygens (including phenoxy) is 1. The Balaban J connectivity index is 1.38. The summed E-state index contributed by atoms with van der Waals surface area (Å²) in [5.41, 5.74) is 4.83. The van der Waals surface area contributed by atoms with E-state index in [0.29, 0.717) is 35.5 Å². The van der Waals surface area contributed by atoms with Gasteiger partial charge in [0.1, 0.15) is 17.6 Å². The zero-order valence-corrected chi connectivity index (χ0v) is 25.1. The molecule has 2 saturated heterocycles. The maximum atomic E-state index is 10.2. The summed E-state index contributed by atoms with van der Waals surface area (Å²) in [4.78, 5) is 14.7. The smallest absolute Gasteiger partial charge is 0.146 e. The average Bonchev–Trinajstić information content (AvgIpc) is 3.41. The number of piperidine rings is 1. The van der Waals surface area contributed by atoms with Crippen LogP contribution < -0.4 is 15.0 Å². The van der Waals surface area contributed by atoms with Gasteiger partial charge < -0.3 is 20.1 Å². The fourth-order valence-electron chi connectivity index (χ4n) is 7.43. The summed E-state index contributed by atoms with van der Waals surface area (Å²) < 4.78 is 5.95. The van der Waals surface area contributed by atoms with Crippen molar-refractivity contribution in [3.8, 4) is 23.1 Å². The molecule has 3 unspecified atom stereocenters. The minimum Gasteiger partial charge on any atom is -0.493 e. The molecule has 0 aliphatic carbocycles. The van der Waals surface area contributed by atoms with Gasteiger partial charge >= 0.3 is 0 Å². The molecule has 3 aromatic rings. The van der Waals surface area contributed by atoms with Crippen molar-refractivity contribution in [1.82, 2.24) is 20.2 Å². The van der Waals surface area contributed by atoms with E-state index in [-0.39, 0.29) is 17.6 Å². The van der Waals surface area contributed by atoms with Gasteiger partial charge in [-0.05, 0) is 55.5 Å². The number of benzene rings is 1. The summed E-state index contributed by atoms with van der Waals surface area (Å²) in [5.74, 6) is 1.90. The van der Waals surface area contributed by atoms with Crippen LogP contribution in [0.25, 0.3) is 11.3 Å². The van der Waals surface area contributed by atoms with Crippen molar-refractivity contribution in [2.45, 2.75) is 57.2 Å². The van der Waals surface area contributed by atoms with E-state index in [1.165, 1.54) is 5.56 Å². The quantitative estimate of drug-likeness (QED) is 0.408. The zero-order chi connectivity index (χ0) is 29.3. The van der Waals surface area contributed by atoms with E-state index in [4.69, 9.17) is 21.3 Å². The Labute approximate surface area is 253 Å². The maximum Gasteiger partial charge on any atom is 0.146 e. The highest BCUT2D eigenvalue weighted by Crippen LogP contribution is 2.47. The molecule has 9 heteroatoms. The second-order valence-electron chi connectivity index (χ2n) is 11.9. The molecule has 5 heterocycles. The molecule has 42 heavy (non-hydrogen) atoms. The first-order valence-electron chi connectivity index (χ1n) is 15.1. The first-order chi connectivity index (χ1) is 20.4. The van der Waals surface area contributed by atoms with Crippen molar-refractivity contribution >= 4 is 17.4 Å². The Morgan fingerprint density at radius 2 is 2.10 bits per heavy atom. The zero-order valence-electron chi connectivity index (χ0n) is 24.4. The van der Waals surface area contributed by atoms with Crippen molar-refractivity contribution in [2.24, 2.45) is 5.92 Å². The lowest BCUT2D eigenvalue weighted by Crippen LogP contribution is -2.58. The van der Waals surface area contributed by atoms with Crippen LogP contribution in [0.1, 0.15) is 49.9 Å². The SMILES string of the molecule is CCOc1ccccc1-c1ccc2c(n1)CN(C[C@H]1CC(O)CN1)CC21CCN(c2ncc(Cl)cc2C#N)CC1CC. The number of pyridine rings is 2. The van der Waals surface area contributed by atoms with E-state index in [9.17, 15) is 10.4 Å². The normalized spacial score (nSPS) is 25.8. The third-order valence-corrected chi connectivity index (χ3v) is 9.53. The van der Waals surface area contributed by atoms with Crippen LogP contribution in [0.3, 0.4) is 0 Å². The number of hydrogen-bond donors (Lipinski definition) is 2. The van der Waals surface area contributed by atoms with Crippen LogP contribution >= 0.6 is 11.6 Å². The Bertz CT molecular complexity index is 1480. The van der Waals surface area contributed by atoms with Crippen molar-refractivity contribution in [3.63, 3.8) is 0 Å². The van der Waals surface area contributed by atoms with Crippen LogP contribution in [-0.2, 0) is 12.0 Å². The number of aliphatic hydroxyl groups excluding tert-OH is 1. The van der Waals surface area contributed by atoms with Crippen LogP contribution in [0, 0.1) is 17.2 Å². The summed E-state index contributed by atoms with van der Waals surface area (Å²) in [6.45, 7) is 9.71. The lowest BCUT2D eigenvalue weighted by molar-refractivity contribution is 0.0950. The number of β-amino-alcohol motifs (C(OH)–C–C–N with tert-alkyl or cyclic N) is 1. The highest BCUT2D eigenvalue weighted by atomic mass is 35.5. The fraction of sp³-hybridized carbons (Fsp3) is 0.485. The number of fused-ring (bicyclic) bond motifs is 2. The molecule has 3 aliphatic rings. The van der Waals surface area contributed by atoms with Crippen molar-refractivity contribution in [3.05, 3.63) is 70.5 Å². The minimum absolute atomic E-state index is 0.0831. The standard InChI is InChI=1S/C33H39ClN6O2/c1-3-23-18-40(32-22(15-35)13-24(34)16-37-32)12-11-33(23)21-39(19-25-14-26(41)17-36-25)20-30-28(33)9-10-29(38-30)27-7-5-6-8-31(27)42-4-2/h5-10,13,16,23,25-26,36,41H,3-4,11-12,14,17-21H2,1-2H3/t23?,25-,26?,33?/m1/s1. The number of nitrogens with one attached hydrogen (secondary N) is 1. The molecular weight excluding hydrogens is 548 g/mol. The Hall–Kier alpha value is -3.22. The van der Waals surface area contributed by atoms with E-state index in [1.54, 1.807) is 12.3 Å². The van der Waals surface area contributed by atoms with E-state index < -0.39 is 0 Å². The monoisotopic (exact) mass is 586 g/mol. The van der Waals surface area contributed by atoms with Crippen molar-refractivity contribution < 1.29 is 9.84 Å². The summed E-state index contributed by atoms with van der Waals surface area (Å²) in [6.07, 6.45) is 4.05. The predicted molar refractivity (Wildman–Crippen MR) is 165 cm³/mol. The van der Waals surface area contributed by atoms with E-state index >= 15 is 0 Å². The summed E-state index contributed by atoms with van der Waals surface area (Å²) in [6, 6.07) is 16.9. The number of anilines is 1. The van der Waals surface area contributed by atoms with E-state index in [2.05, 4.69) is 51.3 Å². The minimum atomic E-state index is -0.284. The average molecular weight is 587 g/mol. The van der Waals surface area contributed by atoms with E-state index in [1.807, 2.05) is 25.1 Å². The molecule has 8 nitrogen and oxygen atoms in total. The molecule has 2 aromatic heterocycles. The Kier molecular flexibility index (Phi) is 8.37. The molecule has 0 amide bonds. The molecule has 220 valence electrons. The second-order valence-corrected chi connectivity index (χ2v) is 12.3. The third kappa shape index (κ3) is 5.47. The van der Waals surface area contributed by atoms with Crippen LogP contribution in [0.15, 0.2) is 48.7 Å². The van der Waals surface area contributed by atoms with Gasteiger partial charge in [0.05, 0.1) is 34.7 Å². The largest absolute Gasteiger partial charge is 0.493 e. The lowest BCUT2D eigenvalue weighted by atomic mass is 9.62. The molecule has 1 spiro atoms. The van der Waals surface area contributed by atoms with Crippen molar-refractivity contribution in [2.75, 3.05) is 44.2 Å². The molecule has 3 aliphatic heterocycles. The molecule has 6 rings (SSSR count). The van der Waals surface area contributed by atoms with Gasteiger partial charge in [0, 0.05) is 62.5 Å². The third-order valence-electron chi connectivity index (χ3n) is 9.33. The molecule has 0 saturated carbocycles. The van der Waals surface area contributed by atoms with E-state index in [0.717, 1.165) is 74.7 Å². The summed E-state index contributed by atoms with van der Waals surface area (Å²) in [7, 11) is 0. The lowest BCUT2D eigenvalue weighted by Gasteiger charge is -2.53. The van der Waals surface area contributed by atoms with Gasteiger partial charge in [0.15, 0.2) is 0 Å². The van der Waals surface area contributed by atoms with Crippen LogP contribution in [0.5, 0.6) is 5.75 Å². The first-order valence-corrected chi connectivity index (χ1v) is 15.5. The van der Waals surface area contributed by atoms with Gasteiger partial charge in [-0.3, -0.25) is 9.88 Å². The summed E-state index contributed by atoms with van der Waals surface area (Å²) in [5, 5.41) is 24.0. The van der Waals surface area contributed by atoms with Gasteiger partial charge in [-0.15, -0.1) is 0 Å². The van der Waals surface area contributed by atoms with Gasteiger partial charge in [0.25, 0.3) is 0 Å². The number of halogens is 1. The fourth-order valence-corrected chi connectivity index (χ4v) is 7.58. The van der Waals surface area contributed by atoms with Gasteiger partial charge in [-0.2, -0.15) is 5.26 Å². The van der Waals surface area contributed by atoms with Gasteiger partial charge in [-0.25, -0.2) is 4.98 Å². The molecule has 2 N–H and O–H groups in total. The predicted octanol–water partition coefficient (Wildman–Crippen LogP) is 4.78. The van der Waals surface area contributed by atoms with Crippen LogP contribution in [0.4, 0.5) is 5.82 Å².